The van der Waals surface area contributed by atoms with Gasteiger partial charge in [0.25, 0.3) is 5.69 Å². The third-order valence-electron chi connectivity index (χ3n) is 3.63. The van der Waals surface area contributed by atoms with E-state index < -0.39 is 22.2 Å². The molecule has 0 saturated heterocycles. The summed E-state index contributed by atoms with van der Waals surface area (Å²) < 4.78 is 27.0. The lowest BCUT2D eigenvalue weighted by Gasteiger charge is -2.14. The van der Waals surface area contributed by atoms with E-state index in [4.69, 9.17) is 0 Å². The second kappa shape index (κ2) is 5.12. The van der Waals surface area contributed by atoms with E-state index in [1.165, 1.54) is 0 Å². The summed E-state index contributed by atoms with van der Waals surface area (Å²) in [6, 6.07) is 9.04. The number of nitro benzene ring substituents is 1. The number of rotatable bonds is 3. The van der Waals surface area contributed by atoms with Crippen molar-refractivity contribution < 1.29 is 13.7 Å². The molecular weight excluding hydrogens is 278 g/mol. The van der Waals surface area contributed by atoms with Gasteiger partial charge in [-0.25, -0.2) is 8.78 Å². The summed E-state index contributed by atoms with van der Waals surface area (Å²) in [4.78, 5) is 10.2. The van der Waals surface area contributed by atoms with Crippen LogP contribution in [0.3, 0.4) is 0 Å². The van der Waals surface area contributed by atoms with Gasteiger partial charge in [0.1, 0.15) is 11.5 Å². The average Bonchev–Trinajstić information content (AvgIpc) is 2.83. The molecule has 6 heteroatoms. The maximum Gasteiger partial charge on any atom is 0.298 e. The summed E-state index contributed by atoms with van der Waals surface area (Å²) in [5.74, 6) is -1.91. The zero-order valence-corrected chi connectivity index (χ0v) is 11.0. The van der Waals surface area contributed by atoms with Crippen molar-refractivity contribution in [1.29, 1.82) is 0 Å². The number of hydrogen-bond acceptors (Lipinski definition) is 3. The monoisotopic (exact) mass is 290 g/mol. The molecule has 1 aliphatic rings. The zero-order valence-electron chi connectivity index (χ0n) is 11.0. The topological polar surface area (TPSA) is 55.2 Å². The van der Waals surface area contributed by atoms with E-state index in [0.29, 0.717) is 18.9 Å². The largest absolute Gasteiger partial charge is 0.374 e. The minimum absolute atomic E-state index is 0.138. The predicted octanol–water partition coefficient (Wildman–Crippen LogP) is 3.45. The van der Waals surface area contributed by atoms with E-state index in [9.17, 15) is 18.9 Å². The fraction of sp³-hybridized carbons (Fsp3) is 0.200. The highest BCUT2D eigenvalue weighted by molar-refractivity contribution is 5.63. The van der Waals surface area contributed by atoms with Crippen molar-refractivity contribution in [2.24, 2.45) is 0 Å². The SMILES string of the molecule is O=[N+]([O-])c1cc(F)cc(F)c1NC1Cc2ccccc2C1. The van der Waals surface area contributed by atoms with Gasteiger partial charge >= 0.3 is 0 Å². The predicted molar refractivity (Wildman–Crippen MR) is 74.3 cm³/mol. The molecule has 0 amide bonds. The zero-order chi connectivity index (χ0) is 15.0. The molecule has 3 rings (SSSR count). The molecular formula is C15H12F2N2O2. The number of anilines is 1. The van der Waals surface area contributed by atoms with Crippen molar-refractivity contribution in [3.8, 4) is 0 Å². The van der Waals surface area contributed by atoms with Crippen LogP contribution in [0.2, 0.25) is 0 Å². The fourth-order valence-electron chi connectivity index (χ4n) is 2.71. The molecule has 0 atom stereocenters. The Morgan fingerprint density at radius 1 is 1.14 bits per heavy atom. The average molecular weight is 290 g/mol. The Bertz CT molecular complexity index is 694. The molecule has 4 nitrogen and oxygen atoms in total. The molecule has 0 saturated carbocycles. The van der Waals surface area contributed by atoms with Crippen LogP contribution in [0.1, 0.15) is 11.1 Å². The summed E-state index contributed by atoms with van der Waals surface area (Å²) in [7, 11) is 0. The third-order valence-corrected chi connectivity index (χ3v) is 3.63. The lowest BCUT2D eigenvalue weighted by atomic mass is 10.1. The van der Waals surface area contributed by atoms with Gasteiger partial charge in [0.05, 0.1) is 11.0 Å². The number of hydrogen-bond donors (Lipinski definition) is 1. The molecule has 0 bridgehead atoms. The van der Waals surface area contributed by atoms with Crippen LogP contribution in [0.5, 0.6) is 0 Å². The highest BCUT2D eigenvalue weighted by Crippen LogP contribution is 2.32. The van der Waals surface area contributed by atoms with Crippen LogP contribution in [0.25, 0.3) is 0 Å². The van der Waals surface area contributed by atoms with Crippen LogP contribution in [-0.4, -0.2) is 11.0 Å². The Kier molecular flexibility index (Phi) is 3.29. The Morgan fingerprint density at radius 3 is 2.33 bits per heavy atom. The number of nitrogens with one attached hydrogen (secondary N) is 1. The minimum atomic E-state index is -0.959. The van der Waals surface area contributed by atoms with Gasteiger partial charge in [0, 0.05) is 12.1 Å². The van der Waals surface area contributed by atoms with Crippen molar-refractivity contribution in [2.75, 3.05) is 5.32 Å². The van der Waals surface area contributed by atoms with E-state index in [-0.39, 0.29) is 11.7 Å². The molecule has 0 radical (unpaired) electrons. The van der Waals surface area contributed by atoms with Gasteiger partial charge in [-0.15, -0.1) is 0 Å². The third kappa shape index (κ3) is 2.56. The van der Waals surface area contributed by atoms with Gasteiger partial charge < -0.3 is 5.32 Å². The normalized spacial score (nSPS) is 14.0. The number of fused-ring (bicyclic) bond motifs is 1. The lowest BCUT2D eigenvalue weighted by molar-refractivity contribution is -0.384. The number of nitrogens with zero attached hydrogens (tertiary/aromatic N) is 1. The number of halogens is 2. The summed E-state index contributed by atoms with van der Waals surface area (Å²) in [6.07, 6.45) is 1.31. The van der Waals surface area contributed by atoms with Crippen LogP contribution < -0.4 is 5.32 Å². The molecule has 2 aromatic rings. The van der Waals surface area contributed by atoms with Crippen LogP contribution in [0.15, 0.2) is 36.4 Å². The summed E-state index contributed by atoms with van der Waals surface area (Å²) >= 11 is 0. The van der Waals surface area contributed by atoms with Crippen LogP contribution in [-0.2, 0) is 12.8 Å². The van der Waals surface area contributed by atoms with Crippen LogP contribution in [0, 0.1) is 21.7 Å². The molecule has 108 valence electrons. The smallest absolute Gasteiger partial charge is 0.298 e. The van der Waals surface area contributed by atoms with Gasteiger partial charge in [-0.05, 0) is 24.0 Å². The minimum Gasteiger partial charge on any atom is -0.374 e. The van der Waals surface area contributed by atoms with Crippen molar-refractivity contribution >= 4 is 11.4 Å². The molecule has 0 spiro atoms. The molecule has 1 N–H and O–H groups in total. The molecule has 0 heterocycles. The van der Waals surface area contributed by atoms with E-state index in [0.717, 1.165) is 17.2 Å². The maximum absolute atomic E-state index is 13.8. The maximum atomic E-state index is 13.8. The fourth-order valence-corrected chi connectivity index (χ4v) is 2.71. The van der Waals surface area contributed by atoms with Crippen molar-refractivity contribution in [3.05, 3.63) is 69.3 Å². The van der Waals surface area contributed by atoms with Gasteiger partial charge in [-0.1, -0.05) is 24.3 Å². The molecule has 21 heavy (non-hydrogen) atoms. The Balaban J connectivity index is 1.88. The lowest BCUT2D eigenvalue weighted by Crippen LogP contribution is -2.21. The van der Waals surface area contributed by atoms with Gasteiger partial charge in [0.2, 0.25) is 0 Å². The second-order valence-corrected chi connectivity index (χ2v) is 5.06. The first-order valence-corrected chi connectivity index (χ1v) is 6.51. The molecule has 0 unspecified atom stereocenters. The summed E-state index contributed by atoms with van der Waals surface area (Å²) in [5, 5.41) is 13.8. The highest BCUT2D eigenvalue weighted by atomic mass is 19.1. The molecule has 0 fully saturated rings. The van der Waals surface area contributed by atoms with E-state index in [1.807, 2.05) is 24.3 Å². The second-order valence-electron chi connectivity index (χ2n) is 5.06. The Morgan fingerprint density at radius 2 is 1.76 bits per heavy atom. The van der Waals surface area contributed by atoms with Crippen LogP contribution in [0.4, 0.5) is 20.2 Å². The Hall–Kier alpha value is -2.50. The van der Waals surface area contributed by atoms with Crippen molar-refractivity contribution in [3.63, 3.8) is 0 Å². The first kappa shape index (κ1) is 13.5. The number of nitro groups is 1. The van der Waals surface area contributed by atoms with Gasteiger partial charge in [0.15, 0.2) is 5.82 Å². The van der Waals surface area contributed by atoms with Crippen molar-refractivity contribution in [2.45, 2.75) is 18.9 Å². The molecule has 0 aliphatic heterocycles. The summed E-state index contributed by atoms with van der Waals surface area (Å²) in [5.41, 5.74) is 1.45. The van der Waals surface area contributed by atoms with E-state index >= 15 is 0 Å². The highest BCUT2D eigenvalue weighted by Gasteiger charge is 2.26. The quantitative estimate of drug-likeness (QED) is 0.695. The van der Waals surface area contributed by atoms with E-state index in [1.54, 1.807) is 0 Å². The molecule has 1 aliphatic carbocycles. The molecule has 0 aromatic heterocycles. The first-order chi connectivity index (χ1) is 10.0. The molecule has 2 aromatic carbocycles. The van der Waals surface area contributed by atoms with Gasteiger partial charge in [-0.3, -0.25) is 10.1 Å². The Labute approximate surface area is 119 Å². The van der Waals surface area contributed by atoms with E-state index in [2.05, 4.69) is 5.32 Å². The van der Waals surface area contributed by atoms with Gasteiger partial charge in [-0.2, -0.15) is 0 Å². The van der Waals surface area contributed by atoms with Crippen molar-refractivity contribution in [1.82, 2.24) is 0 Å². The summed E-state index contributed by atoms with van der Waals surface area (Å²) in [6.45, 7) is 0. The standard InChI is InChI=1S/C15H12F2N2O2/c16-11-7-13(17)15(14(8-11)19(20)21)18-12-5-9-3-1-2-4-10(9)6-12/h1-4,7-8,12,18H,5-6H2. The number of benzene rings is 2. The first-order valence-electron chi connectivity index (χ1n) is 6.51. The van der Waals surface area contributed by atoms with Crippen LogP contribution >= 0.6 is 0 Å².